The maximum absolute atomic E-state index is 11.1. The summed E-state index contributed by atoms with van der Waals surface area (Å²) in [7, 11) is 0. The van der Waals surface area contributed by atoms with E-state index in [1.54, 1.807) is 0 Å². The minimum absolute atomic E-state index is 0.218. The van der Waals surface area contributed by atoms with Crippen molar-refractivity contribution in [2.24, 2.45) is 5.92 Å². The molecule has 2 nitrogen and oxygen atoms in total. The summed E-state index contributed by atoms with van der Waals surface area (Å²) in [5, 5.41) is 0. The van der Waals surface area contributed by atoms with Crippen LogP contribution in [0.4, 0.5) is 0 Å². The van der Waals surface area contributed by atoms with Gasteiger partial charge in [-0.05, 0) is 12.3 Å². The maximum Gasteiger partial charge on any atom is 0.165 e. The molecule has 10 heavy (non-hydrogen) atoms. The van der Waals surface area contributed by atoms with E-state index in [9.17, 15) is 4.79 Å². The van der Waals surface area contributed by atoms with Gasteiger partial charge >= 0.3 is 0 Å². The predicted molar refractivity (Wildman–Crippen MR) is 38.9 cm³/mol. The zero-order valence-corrected chi connectivity index (χ0v) is 6.47. The van der Waals surface area contributed by atoms with E-state index in [2.05, 4.69) is 4.90 Å². The number of halogens is 1. The van der Waals surface area contributed by atoms with Crippen LogP contribution in [0, 0.1) is 5.92 Å². The number of carbonyl (C=O) groups is 1. The number of piperidine rings is 1. The van der Waals surface area contributed by atoms with Crippen LogP contribution in [0.25, 0.3) is 0 Å². The van der Waals surface area contributed by atoms with Crippen molar-refractivity contribution >= 4 is 17.4 Å². The van der Waals surface area contributed by atoms with E-state index in [4.69, 9.17) is 11.6 Å². The average Bonchev–Trinajstić information content (AvgIpc) is 2.29. The van der Waals surface area contributed by atoms with Crippen LogP contribution < -0.4 is 0 Å². The first-order chi connectivity index (χ1) is 4.77. The number of rotatable bonds is 0. The summed E-state index contributed by atoms with van der Waals surface area (Å²) < 4.78 is 0. The minimum atomic E-state index is -0.307. The second-order valence-corrected chi connectivity index (χ2v) is 3.57. The molecule has 2 aliphatic rings. The second-order valence-electron chi connectivity index (χ2n) is 3.16. The fraction of sp³-hybridized carbons (Fsp3) is 0.857. The van der Waals surface area contributed by atoms with Crippen molar-refractivity contribution in [2.45, 2.75) is 18.3 Å². The number of Topliss-reactive ketones (excluding diaryl/α,β-unsaturated/α-hetero) is 1. The highest BCUT2D eigenvalue weighted by Crippen LogP contribution is 2.29. The first-order valence-electron chi connectivity index (χ1n) is 3.68. The number of hydrogen-bond acceptors (Lipinski definition) is 2. The molecule has 0 amide bonds. The van der Waals surface area contributed by atoms with Crippen molar-refractivity contribution in [1.29, 1.82) is 0 Å². The number of nitrogens with zero attached hydrogens (tertiary/aromatic N) is 1. The third-order valence-corrected chi connectivity index (χ3v) is 2.91. The van der Waals surface area contributed by atoms with Crippen LogP contribution in [0.3, 0.4) is 0 Å². The molecule has 2 bridgehead atoms. The van der Waals surface area contributed by atoms with E-state index in [1.807, 2.05) is 0 Å². The van der Waals surface area contributed by atoms with Crippen LogP contribution >= 0.6 is 11.6 Å². The van der Waals surface area contributed by atoms with Crippen LogP contribution in [-0.4, -0.2) is 29.3 Å². The summed E-state index contributed by atoms with van der Waals surface area (Å²) in [4.78, 5) is 13.1. The Morgan fingerprint density at radius 1 is 1.60 bits per heavy atom. The molecule has 0 aliphatic carbocycles. The van der Waals surface area contributed by atoms with Crippen molar-refractivity contribution in [3.63, 3.8) is 0 Å². The first-order valence-corrected chi connectivity index (χ1v) is 4.12. The Bertz CT molecular complexity index is 171. The normalized spacial score (nSPS) is 46.1. The van der Waals surface area contributed by atoms with Gasteiger partial charge in [0.05, 0.1) is 0 Å². The standard InChI is InChI=1S/C7H10ClNO/c8-7-6(10)3-5-1-2-9(7)4-5/h5,7H,1-4H2. The zero-order valence-electron chi connectivity index (χ0n) is 5.72. The van der Waals surface area contributed by atoms with Crippen LogP contribution in [0.15, 0.2) is 0 Å². The lowest BCUT2D eigenvalue weighted by Gasteiger charge is -2.25. The molecule has 2 aliphatic heterocycles. The molecule has 0 spiro atoms. The molecule has 2 heterocycles. The van der Waals surface area contributed by atoms with Gasteiger partial charge in [0.15, 0.2) is 5.78 Å². The summed E-state index contributed by atoms with van der Waals surface area (Å²) >= 11 is 5.84. The number of ketones is 1. The van der Waals surface area contributed by atoms with Crippen LogP contribution in [-0.2, 0) is 4.79 Å². The van der Waals surface area contributed by atoms with Crippen molar-refractivity contribution in [2.75, 3.05) is 13.1 Å². The van der Waals surface area contributed by atoms with Gasteiger partial charge < -0.3 is 0 Å². The smallest absolute Gasteiger partial charge is 0.165 e. The lowest BCUT2D eigenvalue weighted by atomic mass is 10.00. The summed E-state index contributed by atoms with van der Waals surface area (Å²) in [6, 6.07) is 0. The summed E-state index contributed by atoms with van der Waals surface area (Å²) in [6.07, 6.45) is 1.87. The number of carbonyl (C=O) groups excluding carboxylic acids is 1. The van der Waals surface area contributed by atoms with E-state index < -0.39 is 0 Å². The largest absolute Gasteiger partial charge is 0.297 e. The quantitative estimate of drug-likeness (QED) is 0.386. The zero-order chi connectivity index (χ0) is 7.14. The fourth-order valence-electron chi connectivity index (χ4n) is 1.82. The van der Waals surface area contributed by atoms with Crippen molar-refractivity contribution < 1.29 is 4.79 Å². The van der Waals surface area contributed by atoms with E-state index in [-0.39, 0.29) is 11.3 Å². The fourth-order valence-corrected chi connectivity index (χ4v) is 2.09. The predicted octanol–water partition coefficient (Wildman–Crippen LogP) is 0.846. The Hall–Kier alpha value is -0.0800. The molecule has 0 aromatic carbocycles. The van der Waals surface area contributed by atoms with Crippen LogP contribution in [0.5, 0.6) is 0 Å². The number of alkyl halides is 1. The topological polar surface area (TPSA) is 20.3 Å². The summed E-state index contributed by atoms with van der Waals surface area (Å²) in [5.41, 5.74) is -0.307. The SMILES string of the molecule is O=C1CC2CCN(C2)C1Cl. The van der Waals surface area contributed by atoms with Gasteiger partial charge in [0.1, 0.15) is 5.50 Å². The van der Waals surface area contributed by atoms with Crippen LogP contribution in [0.2, 0.25) is 0 Å². The third kappa shape index (κ3) is 0.867. The molecule has 3 heteroatoms. The highest BCUT2D eigenvalue weighted by Gasteiger charge is 2.37. The van der Waals surface area contributed by atoms with Crippen molar-refractivity contribution in [3.8, 4) is 0 Å². The lowest BCUT2D eigenvalue weighted by molar-refractivity contribution is -0.123. The van der Waals surface area contributed by atoms with Gasteiger partial charge in [0.2, 0.25) is 0 Å². The molecule has 0 saturated carbocycles. The minimum Gasteiger partial charge on any atom is -0.297 e. The Balaban J connectivity index is 2.17. The molecular formula is C7H10ClNO. The van der Waals surface area contributed by atoms with E-state index >= 15 is 0 Å². The average molecular weight is 160 g/mol. The van der Waals surface area contributed by atoms with Gasteiger partial charge in [-0.2, -0.15) is 0 Å². The van der Waals surface area contributed by atoms with E-state index in [0.29, 0.717) is 12.3 Å². The van der Waals surface area contributed by atoms with Gasteiger partial charge in [-0.3, -0.25) is 9.69 Å². The third-order valence-electron chi connectivity index (χ3n) is 2.39. The second kappa shape index (κ2) is 2.21. The molecule has 0 aromatic rings. The van der Waals surface area contributed by atoms with Crippen LogP contribution in [0.1, 0.15) is 12.8 Å². The molecule has 0 aromatic heterocycles. The van der Waals surface area contributed by atoms with Gasteiger partial charge in [-0.1, -0.05) is 11.6 Å². The van der Waals surface area contributed by atoms with Gasteiger partial charge in [-0.15, -0.1) is 0 Å². The molecule has 3 atom stereocenters. The Morgan fingerprint density at radius 3 is 3.20 bits per heavy atom. The first kappa shape index (κ1) is 6.62. The molecule has 2 fully saturated rings. The molecule has 0 N–H and O–H groups in total. The highest BCUT2D eigenvalue weighted by molar-refractivity contribution is 6.31. The molecule has 3 unspecified atom stereocenters. The Kier molecular flexibility index (Phi) is 1.46. The van der Waals surface area contributed by atoms with E-state index in [0.717, 1.165) is 19.5 Å². The van der Waals surface area contributed by atoms with Gasteiger partial charge in [0.25, 0.3) is 0 Å². The molecule has 0 radical (unpaired) electrons. The molecule has 56 valence electrons. The van der Waals surface area contributed by atoms with Gasteiger partial charge in [-0.25, -0.2) is 0 Å². The molecule has 2 saturated heterocycles. The van der Waals surface area contributed by atoms with Crippen molar-refractivity contribution in [1.82, 2.24) is 4.90 Å². The monoisotopic (exact) mass is 159 g/mol. The lowest BCUT2D eigenvalue weighted by Crippen LogP contribution is -2.39. The van der Waals surface area contributed by atoms with E-state index in [1.165, 1.54) is 0 Å². The number of hydrogen-bond donors (Lipinski definition) is 0. The van der Waals surface area contributed by atoms with Crippen molar-refractivity contribution in [3.05, 3.63) is 0 Å². The molecule has 2 rings (SSSR count). The Morgan fingerprint density at radius 2 is 2.40 bits per heavy atom. The Labute approximate surface area is 65.1 Å². The summed E-state index contributed by atoms with van der Waals surface area (Å²) in [6.45, 7) is 2.06. The number of fused-ring (bicyclic) bond motifs is 2. The molecular weight excluding hydrogens is 150 g/mol. The van der Waals surface area contributed by atoms with Gasteiger partial charge in [0, 0.05) is 19.5 Å². The summed E-state index contributed by atoms with van der Waals surface area (Å²) in [5.74, 6) is 0.831. The highest BCUT2D eigenvalue weighted by atomic mass is 35.5. The maximum atomic E-state index is 11.1.